The van der Waals surface area contributed by atoms with Gasteiger partial charge in [-0.25, -0.2) is 4.79 Å². The molecule has 0 saturated carbocycles. The van der Waals surface area contributed by atoms with Crippen molar-refractivity contribution in [3.05, 3.63) is 0 Å². The van der Waals surface area contributed by atoms with Crippen molar-refractivity contribution in [2.45, 2.75) is 58.6 Å². The predicted octanol–water partition coefficient (Wildman–Crippen LogP) is 2.09. The monoisotopic (exact) mass is 300 g/mol. The van der Waals surface area contributed by atoms with Gasteiger partial charge in [-0.15, -0.1) is 0 Å². The topological polar surface area (TPSA) is 78.9 Å². The van der Waals surface area contributed by atoms with Crippen molar-refractivity contribution in [3.63, 3.8) is 0 Å². The Kier molecular flexibility index (Phi) is 4.93. The summed E-state index contributed by atoms with van der Waals surface area (Å²) < 4.78 is 5.48. The van der Waals surface area contributed by atoms with Crippen LogP contribution < -0.4 is 5.32 Å². The number of hydrogen-bond donors (Lipinski definition) is 2. The second-order valence-electron chi connectivity index (χ2n) is 7.16. The maximum atomic E-state index is 12.5. The van der Waals surface area contributed by atoms with Gasteiger partial charge in [0, 0.05) is 13.7 Å². The Labute approximate surface area is 126 Å². The zero-order valence-electron chi connectivity index (χ0n) is 13.9. The average Bonchev–Trinajstić information content (AvgIpc) is 2.37. The summed E-state index contributed by atoms with van der Waals surface area (Å²) in [6, 6.07) is -0.239. The van der Waals surface area contributed by atoms with Crippen LogP contribution in [0.2, 0.25) is 0 Å². The van der Waals surface area contributed by atoms with Gasteiger partial charge in [0.05, 0.1) is 23.1 Å². The van der Waals surface area contributed by atoms with Crippen LogP contribution in [0.15, 0.2) is 0 Å². The smallest absolute Gasteiger partial charge is 0.317 e. The van der Waals surface area contributed by atoms with Crippen LogP contribution in [-0.2, 0) is 9.53 Å². The van der Waals surface area contributed by atoms with Gasteiger partial charge in [-0.2, -0.15) is 0 Å². The summed E-state index contributed by atoms with van der Waals surface area (Å²) >= 11 is 0. The Balaban J connectivity index is 2.79. The van der Waals surface area contributed by atoms with Crippen molar-refractivity contribution in [2.24, 2.45) is 5.41 Å². The molecule has 0 radical (unpaired) electrons. The van der Waals surface area contributed by atoms with Gasteiger partial charge in [-0.05, 0) is 47.5 Å². The lowest BCUT2D eigenvalue weighted by Gasteiger charge is -2.43. The van der Waals surface area contributed by atoms with Crippen LogP contribution in [0.3, 0.4) is 0 Å². The van der Waals surface area contributed by atoms with Gasteiger partial charge in [0.15, 0.2) is 0 Å². The second kappa shape index (κ2) is 5.83. The van der Waals surface area contributed by atoms with E-state index < -0.39 is 16.9 Å². The zero-order chi connectivity index (χ0) is 16.5. The van der Waals surface area contributed by atoms with Crippen molar-refractivity contribution >= 4 is 12.0 Å². The molecule has 21 heavy (non-hydrogen) atoms. The fraction of sp³-hybridized carbons (Fsp3) is 0.867. The van der Waals surface area contributed by atoms with Crippen molar-refractivity contribution < 1.29 is 19.4 Å². The average molecular weight is 300 g/mol. The van der Waals surface area contributed by atoms with Gasteiger partial charge in [0.25, 0.3) is 0 Å². The zero-order valence-corrected chi connectivity index (χ0v) is 13.9. The van der Waals surface area contributed by atoms with Gasteiger partial charge >= 0.3 is 12.0 Å². The molecule has 1 unspecified atom stereocenters. The number of rotatable bonds is 4. The summed E-state index contributed by atoms with van der Waals surface area (Å²) in [6.45, 7) is 9.86. The number of amides is 2. The largest absolute Gasteiger partial charge is 0.481 e. The third kappa shape index (κ3) is 3.67. The van der Waals surface area contributed by atoms with Crippen LogP contribution in [0.25, 0.3) is 0 Å². The Hall–Kier alpha value is -1.30. The summed E-state index contributed by atoms with van der Waals surface area (Å²) in [7, 11) is 1.65. The number of carboxylic acids is 1. The number of ether oxygens (including phenoxy) is 1. The lowest BCUT2D eigenvalue weighted by molar-refractivity contribution is -0.150. The van der Waals surface area contributed by atoms with Gasteiger partial charge < -0.3 is 20.1 Å². The molecule has 2 amide bonds. The van der Waals surface area contributed by atoms with E-state index in [1.54, 1.807) is 39.7 Å². The summed E-state index contributed by atoms with van der Waals surface area (Å²) in [6.07, 6.45) is 1.79. The Morgan fingerprint density at radius 3 is 2.33 bits per heavy atom. The molecule has 0 aliphatic carbocycles. The number of methoxy groups -OCH3 is 1. The minimum absolute atomic E-state index is 0.239. The van der Waals surface area contributed by atoms with E-state index in [-0.39, 0.29) is 11.6 Å². The number of carboxylic acid groups (broad SMARTS) is 1. The lowest BCUT2D eigenvalue weighted by Crippen LogP contribution is -2.61. The van der Waals surface area contributed by atoms with Crippen molar-refractivity contribution in [3.8, 4) is 0 Å². The minimum atomic E-state index is -1.07. The normalized spacial score (nSPS) is 23.8. The van der Waals surface area contributed by atoms with E-state index in [1.165, 1.54) is 0 Å². The lowest BCUT2D eigenvalue weighted by atomic mass is 9.74. The van der Waals surface area contributed by atoms with Crippen LogP contribution in [-0.4, -0.2) is 53.3 Å². The number of piperidine rings is 1. The third-order valence-corrected chi connectivity index (χ3v) is 4.96. The highest BCUT2D eigenvalue weighted by molar-refractivity contribution is 5.79. The number of likely N-dealkylation sites (tertiary alicyclic amines) is 1. The molecule has 0 spiro atoms. The minimum Gasteiger partial charge on any atom is -0.481 e. The first-order valence-electron chi connectivity index (χ1n) is 7.31. The molecule has 6 nitrogen and oxygen atoms in total. The van der Waals surface area contributed by atoms with E-state index >= 15 is 0 Å². The number of urea groups is 1. The SMILES string of the molecule is COC1(C)CCCN(C(=O)NC(C)(C)C(C)(C)C(=O)O)C1. The van der Waals surface area contributed by atoms with Crippen LogP contribution in [0.4, 0.5) is 4.79 Å². The van der Waals surface area contributed by atoms with Crippen LogP contribution in [0.5, 0.6) is 0 Å². The molecule has 1 aliphatic rings. The summed E-state index contributed by atoms with van der Waals surface area (Å²) in [5, 5.41) is 12.2. The van der Waals surface area contributed by atoms with E-state index in [9.17, 15) is 14.7 Å². The molecule has 0 aromatic carbocycles. The van der Waals surface area contributed by atoms with Crippen molar-refractivity contribution in [2.75, 3.05) is 20.2 Å². The Morgan fingerprint density at radius 1 is 1.29 bits per heavy atom. The molecule has 122 valence electrons. The first-order valence-corrected chi connectivity index (χ1v) is 7.31. The van der Waals surface area contributed by atoms with Crippen LogP contribution in [0.1, 0.15) is 47.5 Å². The number of aliphatic carboxylic acids is 1. The maximum absolute atomic E-state index is 12.5. The van der Waals surface area contributed by atoms with Crippen molar-refractivity contribution in [1.29, 1.82) is 0 Å². The summed E-state index contributed by atoms with van der Waals surface area (Å²) in [5.41, 5.74) is -2.26. The Bertz CT molecular complexity index is 420. The fourth-order valence-corrected chi connectivity index (χ4v) is 2.32. The number of hydrogen-bond acceptors (Lipinski definition) is 3. The summed E-state index contributed by atoms with van der Waals surface area (Å²) in [5.74, 6) is -0.937. The molecule has 1 saturated heterocycles. The highest BCUT2D eigenvalue weighted by Crippen LogP contribution is 2.31. The number of carbonyl (C=O) groups excluding carboxylic acids is 1. The molecular weight excluding hydrogens is 272 g/mol. The first-order chi connectivity index (χ1) is 9.45. The van der Waals surface area contributed by atoms with E-state index in [4.69, 9.17) is 4.74 Å². The molecule has 1 atom stereocenters. The maximum Gasteiger partial charge on any atom is 0.317 e. The number of carbonyl (C=O) groups is 2. The molecule has 0 aromatic rings. The predicted molar refractivity (Wildman–Crippen MR) is 80.2 cm³/mol. The molecule has 1 fully saturated rings. The Morgan fingerprint density at radius 2 is 1.86 bits per heavy atom. The summed E-state index contributed by atoms with van der Waals surface area (Å²) in [4.78, 5) is 25.5. The number of nitrogens with zero attached hydrogens (tertiary/aromatic N) is 1. The van der Waals surface area contributed by atoms with E-state index in [2.05, 4.69) is 5.32 Å². The highest BCUT2D eigenvalue weighted by Gasteiger charge is 2.45. The quantitative estimate of drug-likeness (QED) is 0.833. The molecule has 1 heterocycles. The van der Waals surface area contributed by atoms with Crippen molar-refractivity contribution in [1.82, 2.24) is 10.2 Å². The second-order valence-corrected chi connectivity index (χ2v) is 7.16. The van der Waals surface area contributed by atoms with Crippen LogP contribution in [0, 0.1) is 5.41 Å². The molecule has 6 heteroatoms. The highest BCUT2D eigenvalue weighted by atomic mass is 16.5. The first kappa shape index (κ1) is 17.8. The van der Waals surface area contributed by atoms with Gasteiger partial charge in [-0.3, -0.25) is 4.79 Å². The molecule has 2 N–H and O–H groups in total. The molecule has 0 bridgehead atoms. The fourth-order valence-electron chi connectivity index (χ4n) is 2.32. The standard InChI is InChI=1S/C15H28N2O4/c1-13(2,11(18)19)14(3,4)16-12(20)17-9-7-8-15(5,10-17)21-6/h7-10H2,1-6H3,(H,16,20)(H,18,19). The molecule has 1 aliphatic heterocycles. The van der Waals surface area contributed by atoms with E-state index in [0.29, 0.717) is 13.1 Å². The van der Waals surface area contributed by atoms with Crippen LogP contribution >= 0.6 is 0 Å². The van der Waals surface area contributed by atoms with Gasteiger partial charge in [0.1, 0.15) is 0 Å². The third-order valence-electron chi connectivity index (χ3n) is 4.96. The van der Waals surface area contributed by atoms with Gasteiger partial charge in [0.2, 0.25) is 0 Å². The van der Waals surface area contributed by atoms with E-state index in [0.717, 1.165) is 12.8 Å². The molecular formula is C15H28N2O4. The molecule has 1 rings (SSSR count). The van der Waals surface area contributed by atoms with E-state index in [1.807, 2.05) is 6.92 Å². The van der Waals surface area contributed by atoms with Gasteiger partial charge in [-0.1, -0.05) is 0 Å². The number of nitrogens with one attached hydrogen (secondary N) is 1. The molecule has 0 aromatic heterocycles.